The van der Waals surface area contributed by atoms with Gasteiger partial charge in [0.25, 0.3) is 0 Å². The van der Waals surface area contributed by atoms with Crippen LogP contribution in [-0.2, 0) is 0 Å². The van der Waals surface area contributed by atoms with Gasteiger partial charge in [-0.25, -0.2) is 4.99 Å². The van der Waals surface area contributed by atoms with Crippen LogP contribution in [0.1, 0.15) is 40.5 Å². The van der Waals surface area contributed by atoms with E-state index in [1.807, 2.05) is 0 Å². The average Bonchev–Trinajstić information content (AvgIpc) is 3.43. The normalized spacial score (nSPS) is 22.0. The quantitative estimate of drug-likeness (QED) is 0.228. The van der Waals surface area contributed by atoms with Crippen LogP contribution < -0.4 is 15.5 Å². The second-order valence-corrected chi connectivity index (χ2v) is 11.3. The lowest BCUT2D eigenvalue weighted by molar-refractivity contribution is 0.409. The van der Waals surface area contributed by atoms with E-state index >= 15 is 0 Å². The molecule has 0 amide bonds. The molecule has 8 rings (SSSR count). The molecule has 4 nitrogen and oxygen atoms in total. The van der Waals surface area contributed by atoms with Gasteiger partial charge in [0.1, 0.15) is 18.2 Å². The molecule has 5 aromatic carbocycles. The molecule has 4 unspecified atom stereocenters. The molecule has 0 saturated heterocycles. The molecule has 4 atom stereocenters. The van der Waals surface area contributed by atoms with E-state index in [1.165, 1.54) is 33.6 Å². The lowest BCUT2D eigenvalue weighted by Gasteiger charge is -2.32. The number of rotatable bonds is 5. The number of para-hydroxylation sites is 1. The number of amidine groups is 1. The maximum absolute atomic E-state index is 5.22. The third-order valence-corrected chi connectivity index (χ3v) is 8.68. The summed E-state index contributed by atoms with van der Waals surface area (Å²) in [7, 11) is 0. The minimum absolute atomic E-state index is 0.0795. The molecular formula is C39H32N4. The van der Waals surface area contributed by atoms with Gasteiger partial charge in [0.15, 0.2) is 0 Å². The maximum Gasteiger partial charge on any atom is 0.131 e. The molecule has 0 fully saturated rings. The van der Waals surface area contributed by atoms with Crippen molar-refractivity contribution in [3.8, 4) is 11.1 Å². The monoisotopic (exact) mass is 556 g/mol. The van der Waals surface area contributed by atoms with Crippen molar-refractivity contribution in [2.45, 2.75) is 24.3 Å². The molecule has 0 spiro atoms. The van der Waals surface area contributed by atoms with Crippen molar-refractivity contribution in [1.82, 2.24) is 10.6 Å². The Balaban J connectivity index is 1.15. The largest absolute Gasteiger partial charge is 0.350 e. The number of hydrogen-bond donors (Lipinski definition) is 2. The van der Waals surface area contributed by atoms with Gasteiger partial charge >= 0.3 is 0 Å². The molecule has 208 valence electrons. The van der Waals surface area contributed by atoms with Gasteiger partial charge in [0, 0.05) is 22.9 Å². The van der Waals surface area contributed by atoms with Crippen molar-refractivity contribution in [2.75, 3.05) is 4.90 Å². The second-order valence-electron chi connectivity index (χ2n) is 11.3. The van der Waals surface area contributed by atoms with Crippen LogP contribution in [0.5, 0.6) is 0 Å². The molecule has 2 N–H and O–H groups in total. The van der Waals surface area contributed by atoms with E-state index in [2.05, 4.69) is 173 Å². The first-order chi connectivity index (χ1) is 21.3. The van der Waals surface area contributed by atoms with Crippen molar-refractivity contribution in [3.05, 3.63) is 180 Å². The highest BCUT2D eigenvalue weighted by Gasteiger charge is 2.37. The predicted octanol–water partition coefficient (Wildman–Crippen LogP) is 8.42. The van der Waals surface area contributed by atoms with Crippen molar-refractivity contribution in [3.63, 3.8) is 0 Å². The van der Waals surface area contributed by atoms with E-state index in [1.54, 1.807) is 0 Å². The van der Waals surface area contributed by atoms with Gasteiger partial charge in [-0.2, -0.15) is 0 Å². The summed E-state index contributed by atoms with van der Waals surface area (Å²) in [6.07, 6.45) is 8.69. The number of benzene rings is 5. The van der Waals surface area contributed by atoms with E-state index < -0.39 is 0 Å². The van der Waals surface area contributed by atoms with Crippen molar-refractivity contribution >= 4 is 17.2 Å². The van der Waals surface area contributed by atoms with Crippen LogP contribution >= 0.6 is 0 Å². The molecule has 0 saturated carbocycles. The van der Waals surface area contributed by atoms with Gasteiger partial charge in [-0.05, 0) is 64.2 Å². The molecule has 0 bridgehead atoms. The Labute approximate surface area is 252 Å². The fourth-order valence-corrected chi connectivity index (χ4v) is 6.58. The Hall–Kier alpha value is -5.19. The lowest BCUT2D eigenvalue weighted by atomic mass is 9.91. The molecule has 3 aliphatic rings. The fourth-order valence-electron chi connectivity index (χ4n) is 6.58. The smallest absolute Gasteiger partial charge is 0.131 e. The van der Waals surface area contributed by atoms with Gasteiger partial charge in [-0.1, -0.05) is 121 Å². The van der Waals surface area contributed by atoms with Gasteiger partial charge in [0.2, 0.25) is 0 Å². The van der Waals surface area contributed by atoms with E-state index in [9.17, 15) is 0 Å². The zero-order chi connectivity index (χ0) is 28.6. The summed E-state index contributed by atoms with van der Waals surface area (Å²) in [6, 6.07) is 47.7. The Morgan fingerprint density at radius 1 is 0.581 bits per heavy atom. The zero-order valence-corrected chi connectivity index (χ0v) is 23.7. The molecule has 0 aromatic heterocycles. The van der Waals surface area contributed by atoms with Crippen LogP contribution in [0, 0.1) is 0 Å². The molecule has 5 aromatic rings. The SMILES string of the molecule is C1=CC2c3ccccc3N(c3ccc(C4=NC(c5cccc(-c6ccccc6)c5)NC(c5ccccc5)N4)cc3)C2C=C1. The van der Waals surface area contributed by atoms with Crippen LogP contribution in [-0.4, -0.2) is 11.9 Å². The Bertz CT molecular complexity index is 1840. The third kappa shape index (κ3) is 4.76. The Morgan fingerprint density at radius 3 is 2.12 bits per heavy atom. The number of allylic oxidation sites excluding steroid dienone is 2. The number of hydrogen-bond acceptors (Lipinski definition) is 4. The summed E-state index contributed by atoms with van der Waals surface area (Å²) in [4.78, 5) is 7.69. The highest BCUT2D eigenvalue weighted by molar-refractivity contribution is 6.00. The maximum atomic E-state index is 5.22. The van der Waals surface area contributed by atoms with Crippen molar-refractivity contribution in [2.24, 2.45) is 4.99 Å². The highest BCUT2D eigenvalue weighted by atomic mass is 15.3. The summed E-state index contributed by atoms with van der Waals surface area (Å²) >= 11 is 0. The molecule has 1 aliphatic carbocycles. The first-order valence-corrected chi connectivity index (χ1v) is 15.0. The zero-order valence-electron chi connectivity index (χ0n) is 23.7. The summed E-state index contributed by atoms with van der Waals surface area (Å²) in [5.41, 5.74) is 9.61. The molecule has 4 heteroatoms. The van der Waals surface area contributed by atoms with Gasteiger partial charge in [0.05, 0.1) is 6.04 Å². The summed E-state index contributed by atoms with van der Waals surface area (Å²) in [5.74, 6) is 1.25. The molecule has 2 heterocycles. The van der Waals surface area contributed by atoms with Crippen LogP contribution in [0.15, 0.2) is 163 Å². The number of fused-ring (bicyclic) bond motifs is 3. The molecular weight excluding hydrogens is 524 g/mol. The average molecular weight is 557 g/mol. The number of nitrogens with one attached hydrogen (secondary N) is 2. The standard InChI is InChI=1S/C39H32N4/c1-3-12-27(13-4-1)30-16-11-17-31(26-30)39-41-37(28-14-5-2-6-15-28)40-38(42-39)29-22-24-32(25-23-29)43-35-20-9-7-18-33(35)34-19-8-10-21-36(34)43/h1-26,33,35,37,39,41H,(H,40,42). The van der Waals surface area contributed by atoms with Crippen LogP contribution in [0.25, 0.3) is 11.1 Å². The van der Waals surface area contributed by atoms with Gasteiger partial charge in [-0.15, -0.1) is 0 Å². The minimum atomic E-state index is -0.199. The van der Waals surface area contributed by atoms with Crippen LogP contribution in [0.2, 0.25) is 0 Å². The number of aliphatic imine (C=N–C) groups is 1. The van der Waals surface area contributed by atoms with Gasteiger partial charge < -0.3 is 10.2 Å². The van der Waals surface area contributed by atoms with Crippen molar-refractivity contribution < 1.29 is 0 Å². The first-order valence-electron chi connectivity index (χ1n) is 15.0. The Kier molecular flexibility index (Phi) is 6.47. The van der Waals surface area contributed by atoms with Crippen molar-refractivity contribution in [1.29, 1.82) is 0 Å². The molecule has 0 radical (unpaired) electrons. The topological polar surface area (TPSA) is 39.7 Å². The van der Waals surface area contributed by atoms with Gasteiger partial charge in [-0.3, -0.25) is 5.32 Å². The first kappa shape index (κ1) is 25.5. The predicted molar refractivity (Wildman–Crippen MR) is 176 cm³/mol. The number of nitrogens with zero attached hydrogens (tertiary/aromatic N) is 2. The third-order valence-electron chi connectivity index (χ3n) is 8.68. The van der Waals surface area contributed by atoms with E-state index in [0.29, 0.717) is 5.92 Å². The molecule has 2 aliphatic heterocycles. The molecule has 43 heavy (non-hydrogen) atoms. The summed E-state index contributed by atoms with van der Waals surface area (Å²) in [5, 5.41) is 7.43. The Morgan fingerprint density at radius 2 is 1.28 bits per heavy atom. The number of anilines is 2. The highest BCUT2D eigenvalue weighted by Crippen LogP contribution is 2.47. The van der Waals surface area contributed by atoms with E-state index in [-0.39, 0.29) is 18.4 Å². The summed E-state index contributed by atoms with van der Waals surface area (Å²) < 4.78 is 0. The van der Waals surface area contributed by atoms with Crippen LogP contribution in [0.3, 0.4) is 0 Å². The summed E-state index contributed by atoms with van der Waals surface area (Å²) in [6.45, 7) is 0. The minimum Gasteiger partial charge on any atom is -0.350 e. The van der Waals surface area contributed by atoms with Crippen LogP contribution in [0.4, 0.5) is 11.4 Å². The van der Waals surface area contributed by atoms with E-state index in [4.69, 9.17) is 4.99 Å². The van der Waals surface area contributed by atoms with E-state index in [0.717, 1.165) is 17.0 Å². The lowest BCUT2D eigenvalue weighted by Crippen LogP contribution is -2.44. The fraction of sp³-hybridized carbons (Fsp3) is 0.103. The second kappa shape index (κ2) is 10.9.